The Hall–Kier alpha value is -2.00. The molecule has 2 atom stereocenters. The normalized spacial score (nSPS) is 21.8. The molecule has 2 aromatic carbocycles. The monoisotopic (exact) mass is 283 g/mol. The van der Waals surface area contributed by atoms with Crippen LogP contribution in [0.4, 0.5) is 0 Å². The van der Waals surface area contributed by atoms with E-state index in [1.54, 1.807) is 0 Å². The fourth-order valence-electron chi connectivity index (χ4n) is 2.69. The largest absolute Gasteiger partial charge is 0.490 e. The Morgan fingerprint density at radius 2 is 1.48 bits per heavy atom. The third-order valence-electron chi connectivity index (χ3n) is 3.77. The molecule has 0 spiro atoms. The van der Waals surface area contributed by atoms with Crippen LogP contribution in [0.25, 0.3) is 0 Å². The highest BCUT2D eigenvalue weighted by Crippen LogP contribution is 2.26. The van der Waals surface area contributed by atoms with Gasteiger partial charge in [-0.05, 0) is 62.1 Å². The number of hydrogen-bond donors (Lipinski definition) is 1. The molecule has 2 N–H and O–H groups in total. The zero-order chi connectivity index (χ0) is 14.5. The second-order valence-corrected chi connectivity index (χ2v) is 5.55. The van der Waals surface area contributed by atoms with Crippen molar-refractivity contribution in [3.05, 3.63) is 54.6 Å². The van der Waals surface area contributed by atoms with Crippen LogP contribution in [-0.2, 0) is 0 Å². The van der Waals surface area contributed by atoms with Gasteiger partial charge in [-0.3, -0.25) is 0 Å². The lowest BCUT2D eigenvalue weighted by atomic mass is 9.93. The summed E-state index contributed by atoms with van der Waals surface area (Å²) in [6.45, 7) is 0. The molecule has 3 heteroatoms. The Kier molecular flexibility index (Phi) is 4.41. The molecular formula is C18H21NO2. The molecule has 0 aliphatic heterocycles. The van der Waals surface area contributed by atoms with Crippen molar-refractivity contribution >= 4 is 0 Å². The summed E-state index contributed by atoms with van der Waals surface area (Å²) in [5.41, 5.74) is 5.99. The molecule has 0 bridgehead atoms. The van der Waals surface area contributed by atoms with Gasteiger partial charge in [0.25, 0.3) is 0 Å². The number of benzene rings is 2. The second kappa shape index (κ2) is 6.64. The van der Waals surface area contributed by atoms with Crippen molar-refractivity contribution in [1.82, 2.24) is 0 Å². The van der Waals surface area contributed by atoms with Crippen molar-refractivity contribution in [3.63, 3.8) is 0 Å². The van der Waals surface area contributed by atoms with Gasteiger partial charge in [0.05, 0.1) is 0 Å². The molecule has 3 nitrogen and oxygen atoms in total. The molecule has 1 aliphatic rings. The molecule has 0 radical (unpaired) electrons. The van der Waals surface area contributed by atoms with Gasteiger partial charge in [0.2, 0.25) is 0 Å². The molecule has 0 saturated heterocycles. The standard InChI is InChI=1S/C18H21NO2/c19-14-5-4-8-18(13-14)21-17-11-9-16(10-12-17)20-15-6-2-1-3-7-15/h1-3,6-7,9-12,14,18H,4-5,8,13,19H2. The first kappa shape index (κ1) is 14.0. The third-order valence-corrected chi connectivity index (χ3v) is 3.77. The van der Waals surface area contributed by atoms with Crippen LogP contribution >= 0.6 is 0 Å². The summed E-state index contributed by atoms with van der Waals surface area (Å²) in [5, 5.41) is 0. The van der Waals surface area contributed by atoms with Crippen molar-refractivity contribution in [3.8, 4) is 17.2 Å². The average molecular weight is 283 g/mol. The maximum atomic E-state index is 6.00. The Bertz CT molecular complexity index is 553. The third kappa shape index (κ3) is 3.99. The molecule has 1 aliphatic carbocycles. The molecule has 110 valence electrons. The molecule has 0 heterocycles. The molecule has 0 aromatic heterocycles. The van der Waals surface area contributed by atoms with Gasteiger partial charge in [-0.15, -0.1) is 0 Å². The zero-order valence-corrected chi connectivity index (χ0v) is 12.1. The number of hydrogen-bond acceptors (Lipinski definition) is 3. The summed E-state index contributed by atoms with van der Waals surface area (Å²) < 4.78 is 11.8. The summed E-state index contributed by atoms with van der Waals surface area (Å²) in [7, 11) is 0. The van der Waals surface area contributed by atoms with Crippen molar-refractivity contribution in [1.29, 1.82) is 0 Å². The summed E-state index contributed by atoms with van der Waals surface area (Å²) in [4.78, 5) is 0. The minimum Gasteiger partial charge on any atom is -0.490 e. The molecule has 1 fully saturated rings. The van der Waals surface area contributed by atoms with Crippen LogP contribution in [0.3, 0.4) is 0 Å². The topological polar surface area (TPSA) is 44.5 Å². The molecule has 1 saturated carbocycles. The maximum absolute atomic E-state index is 6.00. The molecule has 2 unspecified atom stereocenters. The summed E-state index contributed by atoms with van der Waals surface area (Å²) >= 11 is 0. The number of para-hydroxylation sites is 1. The van der Waals surface area contributed by atoms with Gasteiger partial charge in [0, 0.05) is 6.04 Å². The first-order valence-electron chi connectivity index (χ1n) is 7.55. The van der Waals surface area contributed by atoms with Gasteiger partial charge >= 0.3 is 0 Å². The highest BCUT2D eigenvalue weighted by Gasteiger charge is 2.20. The van der Waals surface area contributed by atoms with Gasteiger partial charge in [0.1, 0.15) is 23.4 Å². The maximum Gasteiger partial charge on any atom is 0.127 e. The van der Waals surface area contributed by atoms with Crippen molar-refractivity contribution in [2.75, 3.05) is 0 Å². The second-order valence-electron chi connectivity index (χ2n) is 5.55. The van der Waals surface area contributed by atoms with E-state index in [-0.39, 0.29) is 12.1 Å². The SMILES string of the molecule is NC1CCCC(Oc2ccc(Oc3ccccc3)cc2)C1. The highest BCUT2D eigenvalue weighted by atomic mass is 16.5. The minimum absolute atomic E-state index is 0.245. The summed E-state index contributed by atoms with van der Waals surface area (Å²) in [6, 6.07) is 17.8. The van der Waals surface area contributed by atoms with E-state index in [0.29, 0.717) is 0 Å². The lowest BCUT2D eigenvalue weighted by molar-refractivity contribution is 0.144. The van der Waals surface area contributed by atoms with Crippen molar-refractivity contribution in [2.45, 2.75) is 37.8 Å². The van der Waals surface area contributed by atoms with E-state index in [9.17, 15) is 0 Å². The van der Waals surface area contributed by atoms with E-state index in [1.165, 1.54) is 0 Å². The van der Waals surface area contributed by atoms with Crippen LogP contribution in [0.5, 0.6) is 17.2 Å². The average Bonchev–Trinajstić information content (AvgIpc) is 2.50. The first-order chi connectivity index (χ1) is 10.3. The van der Waals surface area contributed by atoms with Crippen LogP contribution in [0.15, 0.2) is 54.6 Å². The lowest BCUT2D eigenvalue weighted by Crippen LogP contribution is -2.33. The van der Waals surface area contributed by atoms with Gasteiger partial charge < -0.3 is 15.2 Å². The summed E-state index contributed by atoms with van der Waals surface area (Å²) in [5.74, 6) is 2.54. The Morgan fingerprint density at radius 1 is 0.810 bits per heavy atom. The van der Waals surface area contributed by atoms with Gasteiger partial charge in [-0.25, -0.2) is 0 Å². The first-order valence-corrected chi connectivity index (χ1v) is 7.55. The van der Waals surface area contributed by atoms with Gasteiger partial charge in [-0.2, -0.15) is 0 Å². The van der Waals surface area contributed by atoms with Crippen molar-refractivity contribution in [2.24, 2.45) is 5.73 Å². The van der Waals surface area contributed by atoms with Crippen LogP contribution < -0.4 is 15.2 Å². The predicted octanol–water partition coefficient (Wildman–Crippen LogP) is 4.13. The number of rotatable bonds is 4. The Labute approximate surface area is 125 Å². The molecule has 3 rings (SSSR count). The fraction of sp³-hybridized carbons (Fsp3) is 0.333. The van der Waals surface area contributed by atoms with E-state index in [1.807, 2.05) is 54.6 Å². The van der Waals surface area contributed by atoms with E-state index < -0.39 is 0 Å². The molecular weight excluding hydrogens is 262 g/mol. The smallest absolute Gasteiger partial charge is 0.127 e. The van der Waals surface area contributed by atoms with E-state index in [4.69, 9.17) is 15.2 Å². The highest BCUT2D eigenvalue weighted by molar-refractivity contribution is 5.35. The van der Waals surface area contributed by atoms with Crippen LogP contribution in [0, 0.1) is 0 Å². The van der Waals surface area contributed by atoms with Crippen LogP contribution in [-0.4, -0.2) is 12.1 Å². The van der Waals surface area contributed by atoms with E-state index in [2.05, 4.69) is 0 Å². The minimum atomic E-state index is 0.245. The predicted molar refractivity (Wildman–Crippen MR) is 83.8 cm³/mol. The lowest BCUT2D eigenvalue weighted by Gasteiger charge is -2.27. The number of nitrogens with two attached hydrogens (primary N) is 1. The Balaban J connectivity index is 1.59. The van der Waals surface area contributed by atoms with Crippen LogP contribution in [0.1, 0.15) is 25.7 Å². The fourth-order valence-corrected chi connectivity index (χ4v) is 2.69. The zero-order valence-electron chi connectivity index (χ0n) is 12.1. The van der Waals surface area contributed by atoms with Crippen molar-refractivity contribution < 1.29 is 9.47 Å². The summed E-state index contributed by atoms with van der Waals surface area (Å²) in [6.07, 6.45) is 4.55. The number of ether oxygens (including phenoxy) is 2. The Morgan fingerprint density at radius 3 is 2.19 bits per heavy atom. The quantitative estimate of drug-likeness (QED) is 0.917. The molecule has 21 heavy (non-hydrogen) atoms. The van der Waals surface area contributed by atoms with Gasteiger partial charge in [0.15, 0.2) is 0 Å². The molecule has 0 amide bonds. The molecule has 2 aromatic rings. The van der Waals surface area contributed by atoms with E-state index >= 15 is 0 Å². The van der Waals surface area contributed by atoms with Gasteiger partial charge in [-0.1, -0.05) is 18.2 Å². The van der Waals surface area contributed by atoms with E-state index in [0.717, 1.165) is 42.9 Å². The van der Waals surface area contributed by atoms with Crippen LogP contribution in [0.2, 0.25) is 0 Å².